The molecule has 1 aromatic rings. The summed E-state index contributed by atoms with van der Waals surface area (Å²) in [6, 6.07) is 5.99. The number of carbonyl (C=O) groups excluding carboxylic acids is 2. The number of esters is 2. The van der Waals surface area contributed by atoms with Gasteiger partial charge in [-0.2, -0.15) is 0 Å². The SMILES string of the molecule is CCOC(=O)COP(=O)(OCOc1c(CCC2CC2)cccc1C(C)C)OCC(=O)OCC. The van der Waals surface area contributed by atoms with Crippen molar-refractivity contribution in [2.45, 2.75) is 59.3 Å². The molecule has 0 N–H and O–H groups in total. The average molecular weight is 486 g/mol. The van der Waals surface area contributed by atoms with E-state index >= 15 is 0 Å². The van der Waals surface area contributed by atoms with Crippen LogP contribution in [0.3, 0.4) is 0 Å². The molecule has 1 saturated carbocycles. The Kier molecular flexibility index (Phi) is 11.3. The van der Waals surface area contributed by atoms with E-state index < -0.39 is 39.8 Å². The Labute approximate surface area is 195 Å². The predicted octanol–water partition coefficient (Wildman–Crippen LogP) is 4.77. The molecular formula is C23H35O9P. The molecule has 1 fully saturated rings. The molecule has 1 aliphatic rings. The minimum Gasteiger partial charge on any atom is -0.466 e. The van der Waals surface area contributed by atoms with Gasteiger partial charge in [0, 0.05) is 0 Å². The maximum atomic E-state index is 13.0. The minimum atomic E-state index is -4.31. The van der Waals surface area contributed by atoms with Crippen LogP contribution in [0.4, 0.5) is 0 Å². The fraction of sp³-hybridized carbons (Fsp3) is 0.652. The number of ether oxygens (including phenoxy) is 3. The summed E-state index contributed by atoms with van der Waals surface area (Å²) in [5.74, 6) is 0.164. The highest BCUT2D eigenvalue weighted by Gasteiger charge is 2.31. The molecule has 9 nitrogen and oxygen atoms in total. The third-order valence-electron chi connectivity index (χ3n) is 4.97. The van der Waals surface area contributed by atoms with Gasteiger partial charge in [0.15, 0.2) is 20.0 Å². The predicted molar refractivity (Wildman–Crippen MR) is 121 cm³/mol. The molecule has 0 aromatic heterocycles. The van der Waals surface area contributed by atoms with Gasteiger partial charge in [0.2, 0.25) is 0 Å². The topological polar surface area (TPSA) is 107 Å². The largest absolute Gasteiger partial charge is 0.478 e. The second kappa shape index (κ2) is 13.7. The molecule has 0 saturated heterocycles. The van der Waals surface area contributed by atoms with Gasteiger partial charge in [0.1, 0.15) is 5.75 Å². The summed E-state index contributed by atoms with van der Waals surface area (Å²) in [6.45, 7) is 5.87. The highest BCUT2D eigenvalue weighted by molar-refractivity contribution is 7.48. The van der Waals surface area contributed by atoms with Gasteiger partial charge in [0.05, 0.1) is 13.2 Å². The Morgan fingerprint density at radius 2 is 1.61 bits per heavy atom. The van der Waals surface area contributed by atoms with E-state index in [0.717, 1.165) is 29.9 Å². The number of hydrogen-bond donors (Lipinski definition) is 0. The van der Waals surface area contributed by atoms with Gasteiger partial charge in [-0.15, -0.1) is 0 Å². The zero-order chi connectivity index (χ0) is 24.3. The molecule has 186 valence electrons. The van der Waals surface area contributed by atoms with Crippen LogP contribution in [0.1, 0.15) is 64.0 Å². The fourth-order valence-corrected chi connectivity index (χ4v) is 4.06. The van der Waals surface area contributed by atoms with E-state index in [4.69, 9.17) is 27.8 Å². The first-order chi connectivity index (χ1) is 15.8. The zero-order valence-electron chi connectivity index (χ0n) is 19.9. The van der Waals surface area contributed by atoms with Gasteiger partial charge in [-0.05, 0) is 49.7 Å². The first-order valence-corrected chi connectivity index (χ1v) is 12.8. The van der Waals surface area contributed by atoms with Crippen LogP contribution in [0, 0.1) is 5.92 Å². The third-order valence-corrected chi connectivity index (χ3v) is 6.29. The van der Waals surface area contributed by atoms with Crippen LogP contribution >= 0.6 is 7.82 Å². The number of phosphoric acid groups is 1. The maximum Gasteiger partial charge on any atom is 0.478 e. The summed E-state index contributed by atoms with van der Waals surface area (Å²) in [4.78, 5) is 23.2. The highest BCUT2D eigenvalue weighted by atomic mass is 31.2. The lowest BCUT2D eigenvalue weighted by atomic mass is 9.96. The van der Waals surface area contributed by atoms with Crippen molar-refractivity contribution in [1.29, 1.82) is 0 Å². The number of benzene rings is 1. The second-order valence-corrected chi connectivity index (χ2v) is 9.64. The number of carbonyl (C=O) groups is 2. The molecule has 0 bridgehead atoms. The summed E-state index contributed by atoms with van der Waals surface area (Å²) >= 11 is 0. The van der Waals surface area contributed by atoms with Gasteiger partial charge in [-0.25, -0.2) is 18.7 Å². The lowest BCUT2D eigenvalue weighted by Gasteiger charge is -2.20. The standard InChI is InChI=1S/C23H35O9P/c1-5-27-21(24)14-30-33(26,31-15-22(25)28-6-2)32-16-29-23-19(13-12-18-10-11-18)8-7-9-20(23)17(3)4/h7-9,17-18H,5-6,10-16H2,1-4H3. The van der Waals surface area contributed by atoms with Crippen LogP contribution in [0.15, 0.2) is 18.2 Å². The minimum absolute atomic E-state index is 0.135. The number of phosphoric ester groups is 1. The van der Waals surface area contributed by atoms with Crippen LogP contribution in [0.2, 0.25) is 0 Å². The van der Waals surface area contributed by atoms with Crippen molar-refractivity contribution < 1.29 is 41.9 Å². The summed E-state index contributed by atoms with van der Waals surface area (Å²) in [5, 5.41) is 0. The van der Waals surface area contributed by atoms with Crippen molar-refractivity contribution in [1.82, 2.24) is 0 Å². The van der Waals surface area contributed by atoms with E-state index in [9.17, 15) is 14.2 Å². The van der Waals surface area contributed by atoms with Crippen molar-refractivity contribution in [3.63, 3.8) is 0 Å². The lowest BCUT2D eigenvalue weighted by Crippen LogP contribution is -2.17. The van der Waals surface area contributed by atoms with Crippen LogP contribution in [-0.2, 0) is 43.6 Å². The zero-order valence-corrected chi connectivity index (χ0v) is 20.8. The van der Waals surface area contributed by atoms with Gasteiger partial charge in [-0.1, -0.05) is 44.9 Å². The quantitative estimate of drug-likeness (QED) is 0.185. The van der Waals surface area contributed by atoms with Gasteiger partial charge < -0.3 is 14.2 Å². The Hall–Kier alpha value is -1.93. The van der Waals surface area contributed by atoms with E-state index in [-0.39, 0.29) is 19.1 Å². The molecule has 0 radical (unpaired) electrons. The fourth-order valence-electron chi connectivity index (χ4n) is 3.13. The van der Waals surface area contributed by atoms with Crippen molar-refractivity contribution in [3.05, 3.63) is 29.3 Å². The smallest absolute Gasteiger partial charge is 0.466 e. The Morgan fingerprint density at radius 3 is 2.12 bits per heavy atom. The van der Waals surface area contributed by atoms with Crippen molar-refractivity contribution >= 4 is 19.8 Å². The third kappa shape index (κ3) is 9.84. The molecule has 0 spiro atoms. The van der Waals surface area contributed by atoms with Crippen LogP contribution in [0.25, 0.3) is 0 Å². The molecule has 0 aliphatic heterocycles. The van der Waals surface area contributed by atoms with E-state index in [2.05, 4.69) is 13.8 Å². The second-order valence-electron chi connectivity index (χ2n) is 7.97. The van der Waals surface area contributed by atoms with E-state index in [1.54, 1.807) is 13.8 Å². The van der Waals surface area contributed by atoms with E-state index in [1.165, 1.54) is 12.8 Å². The van der Waals surface area contributed by atoms with Crippen LogP contribution in [0.5, 0.6) is 5.75 Å². The van der Waals surface area contributed by atoms with Crippen molar-refractivity contribution in [2.24, 2.45) is 5.92 Å². The highest BCUT2D eigenvalue weighted by Crippen LogP contribution is 2.49. The monoisotopic (exact) mass is 486 g/mol. The normalized spacial score (nSPS) is 13.7. The molecule has 0 atom stereocenters. The maximum absolute atomic E-state index is 13.0. The number of aryl methyl sites for hydroxylation is 1. The Balaban J connectivity index is 2.06. The molecule has 2 rings (SSSR count). The number of rotatable bonds is 16. The molecule has 0 amide bonds. The molecular weight excluding hydrogens is 451 g/mol. The Morgan fingerprint density at radius 1 is 1.00 bits per heavy atom. The molecule has 0 unspecified atom stereocenters. The molecule has 0 heterocycles. The average Bonchev–Trinajstić information content (AvgIpc) is 3.60. The molecule has 1 aliphatic carbocycles. The first kappa shape index (κ1) is 27.3. The van der Waals surface area contributed by atoms with Gasteiger partial charge >= 0.3 is 19.8 Å². The van der Waals surface area contributed by atoms with Crippen LogP contribution in [-0.4, -0.2) is 45.2 Å². The Bertz CT molecular complexity index is 794. The number of para-hydroxylation sites is 1. The molecule has 10 heteroatoms. The van der Waals surface area contributed by atoms with E-state index in [1.807, 2.05) is 18.2 Å². The van der Waals surface area contributed by atoms with Crippen LogP contribution < -0.4 is 4.74 Å². The van der Waals surface area contributed by atoms with Gasteiger partial charge in [0.25, 0.3) is 0 Å². The first-order valence-electron chi connectivity index (χ1n) is 11.4. The summed E-state index contributed by atoms with van der Waals surface area (Å²) in [6.07, 6.45) is 4.49. The van der Waals surface area contributed by atoms with Gasteiger partial charge in [-0.3, -0.25) is 9.05 Å². The molecule has 33 heavy (non-hydrogen) atoms. The van der Waals surface area contributed by atoms with Crippen molar-refractivity contribution in [3.8, 4) is 5.75 Å². The summed E-state index contributed by atoms with van der Waals surface area (Å²) < 4.78 is 43.8. The van der Waals surface area contributed by atoms with E-state index in [0.29, 0.717) is 5.75 Å². The summed E-state index contributed by atoms with van der Waals surface area (Å²) in [7, 11) is -4.31. The number of hydrogen-bond acceptors (Lipinski definition) is 9. The summed E-state index contributed by atoms with van der Waals surface area (Å²) in [5.41, 5.74) is 2.05. The van der Waals surface area contributed by atoms with Crippen molar-refractivity contribution in [2.75, 3.05) is 33.2 Å². The molecule has 1 aromatic carbocycles. The lowest BCUT2D eigenvalue weighted by molar-refractivity contribution is -0.147.